The van der Waals surface area contributed by atoms with Gasteiger partial charge in [0.1, 0.15) is 0 Å². The van der Waals surface area contributed by atoms with Crippen LogP contribution in [0.1, 0.15) is 18.9 Å². The summed E-state index contributed by atoms with van der Waals surface area (Å²) in [5.74, 6) is 0. The molecular formula is C15H20N2O. The Morgan fingerprint density at radius 2 is 2.00 bits per heavy atom. The summed E-state index contributed by atoms with van der Waals surface area (Å²) in [5, 5.41) is 10.5. The molecule has 0 saturated heterocycles. The average Bonchev–Trinajstić information content (AvgIpc) is 2.29. The fraction of sp³-hybridized carbons (Fsp3) is 0.200. The zero-order valence-electron chi connectivity index (χ0n) is 10.6. The molecule has 1 aromatic rings. The van der Waals surface area contributed by atoms with Crippen molar-refractivity contribution in [2.45, 2.75) is 18.9 Å². The SMILES string of the molecule is C=C(N)/C=C(\C=C/N)CC(C)(O)c1ccccc1. The van der Waals surface area contributed by atoms with Gasteiger partial charge in [-0.1, -0.05) is 36.9 Å². The van der Waals surface area contributed by atoms with Crippen LogP contribution >= 0.6 is 0 Å². The van der Waals surface area contributed by atoms with Crippen molar-refractivity contribution in [3.8, 4) is 0 Å². The van der Waals surface area contributed by atoms with Crippen LogP contribution in [0.4, 0.5) is 0 Å². The summed E-state index contributed by atoms with van der Waals surface area (Å²) < 4.78 is 0. The third-order valence-electron chi connectivity index (χ3n) is 2.63. The Hall–Kier alpha value is -2.00. The minimum Gasteiger partial charge on any atom is -0.405 e. The van der Waals surface area contributed by atoms with Gasteiger partial charge in [-0.3, -0.25) is 0 Å². The Bertz CT molecular complexity index is 459. The van der Waals surface area contributed by atoms with Gasteiger partial charge in [-0.25, -0.2) is 0 Å². The second-order valence-corrected chi connectivity index (χ2v) is 4.47. The number of hydrogen-bond acceptors (Lipinski definition) is 3. The van der Waals surface area contributed by atoms with Crippen molar-refractivity contribution in [3.63, 3.8) is 0 Å². The highest BCUT2D eigenvalue weighted by atomic mass is 16.3. The highest BCUT2D eigenvalue weighted by Gasteiger charge is 2.23. The van der Waals surface area contributed by atoms with Gasteiger partial charge in [-0.15, -0.1) is 0 Å². The van der Waals surface area contributed by atoms with E-state index in [9.17, 15) is 5.11 Å². The second kappa shape index (κ2) is 6.07. The van der Waals surface area contributed by atoms with E-state index in [0.717, 1.165) is 11.1 Å². The summed E-state index contributed by atoms with van der Waals surface area (Å²) in [4.78, 5) is 0. The van der Waals surface area contributed by atoms with E-state index < -0.39 is 5.60 Å². The summed E-state index contributed by atoms with van der Waals surface area (Å²) in [6, 6.07) is 9.49. The molecule has 0 spiro atoms. The summed E-state index contributed by atoms with van der Waals surface area (Å²) >= 11 is 0. The molecule has 0 aromatic heterocycles. The van der Waals surface area contributed by atoms with E-state index in [0.29, 0.717) is 12.1 Å². The average molecular weight is 244 g/mol. The van der Waals surface area contributed by atoms with Crippen LogP contribution in [0.25, 0.3) is 0 Å². The van der Waals surface area contributed by atoms with Crippen LogP contribution in [0, 0.1) is 0 Å². The molecule has 3 nitrogen and oxygen atoms in total. The molecule has 96 valence electrons. The van der Waals surface area contributed by atoms with Gasteiger partial charge in [-0.2, -0.15) is 0 Å². The molecule has 1 atom stereocenters. The number of nitrogens with two attached hydrogens (primary N) is 2. The molecule has 3 heteroatoms. The van der Waals surface area contributed by atoms with E-state index in [4.69, 9.17) is 11.5 Å². The molecule has 0 saturated carbocycles. The predicted molar refractivity (Wildman–Crippen MR) is 75.4 cm³/mol. The van der Waals surface area contributed by atoms with Crippen molar-refractivity contribution >= 4 is 0 Å². The van der Waals surface area contributed by atoms with Crippen molar-refractivity contribution in [1.29, 1.82) is 0 Å². The predicted octanol–water partition coefficient (Wildman–Crippen LogP) is 2.16. The fourth-order valence-electron chi connectivity index (χ4n) is 1.82. The lowest BCUT2D eigenvalue weighted by Gasteiger charge is -2.24. The smallest absolute Gasteiger partial charge is 0.0908 e. The molecule has 18 heavy (non-hydrogen) atoms. The van der Waals surface area contributed by atoms with E-state index in [1.165, 1.54) is 6.20 Å². The molecule has 1 aromatic carbocycles. The Kier molecular flexibility index (Phi) is 4.75. The number of rotatable bonds is 5. The molecule has 5 N–H and O–H groups in total. The Morgan fingerprint density at radius 3 is 2.50 bits per heavy atom. The van der Waals surface area contributed by atoms with Crippen LogP contribution in [0.2, 0.25) is 0 Å². The maximum absolute atomic E-state index is 10.5. The minimum absolute atomic E-state index is 0.418. The number of hydrogen-bond donors (Lipinski definition) is 3. The van der Waals surface area contributed by atoms with Crippen molar-refractivity contribution in [2.75, 3.05) is 0 Å². The molecule has 0 aliphatic carbocycles. The van der Waals surface area contributed by atoms with Crippen molar-refractivity contribution < 1.29 is 5.11 Å². The molecule has 0 heterocycles. The van der Waals surface area contributed by atoms with Gasteiger partial charge in [0.05, 0.1) is 5.60 Å². The lowest BCUT2D eigenvalue weighted by molar-refractivity contribution is 0.0585. The van der Waals surface area contributed by atoms with Gasteiger partial charge in [0, 0.05) is 12.1 Å². The first-order valence-corrected chi connectivity index (χ1v) is 5.77. The van der Waals surface area contributed by atoms with Crippen LogP contribution in [0.15, 0.2) is 66.5 Å². The number of benzene rings is 1. The Labute approximate surface area is 108 Å². The molecule has 0 fully saturated rings. The Morgan fingerprint density at radius 1 is 1.39 bits per heavy atom. The van der Waals surface area contributed by atoms with Gasteiger partial charge in [-0.05, 0) is 36.4 Å². The Balaban J connectivity index is 2.96. The first-order valence-electron chi connectivity index (χ1n) is 5.77. The second-order valence-electron chi connectivity index (χ2n) is 4.47. The normalized spacial score (nSPS) is 15.6. The third-order valence-corrected chi connectivity index (χ3v) is 2.63. The maximum Gasteiger partial charge on any atom is 0.0908 e. The first kappa shape index (κ1) is 14.1. The van der Waals surface area contributed by atoms with Gasteiger partial charge >= 0.3 is 0 Å². The third kappa shape index (κ3) is 4.11. The maximum atomic E-state index is 10.5. The van der Waals surface area contributed by atoms with Crippen LogP contribution in [0.3, 0.4) is 0 Å². The van der Waals surface area contributed by atoms with Crippen molar-refractivity contribution in [1.82, 2.24) is 0 Å². The van der Waals surface area contributed by atoms with Crippen molar-refractivity contribution in [2.24, 2.45) is 11.5 Å². The molecule has 0 bridgehead atoms. The summed E-state index contributed by atoms with van der Waals surface area (Å²) in [6.45, 7) is 5.39. The number of aliphatic hydroxyl groups is 1. The summed E-state index contributed by atoms with van der Waals surface area (Å²) in [6.07, 6.45) is 5.27. The van der Waals surface area contributed by atoms with Gasteiger partial charge in [0.15, 0.2) is 0 Å². The molecule has 0 aliphatic rings. The molecule has 0 aliphatic heterocycles. The highest BCUT2D eigenvalue weighted by Crippen LogP contribution is 2.28. The summed E-state index contributed by atoms with van der Waals surface area (Å²) in [5.41, 5.74) is 12.1. The van der Waals surface area contributed by atoms with Crippen LogP contribution < -0.4 is 11.5 Å². The van der Waals surface area contributed by atoms with Crippen LogP contribution in [0.5, 0.6) is 0 Å². The minimum atomic E-state index is -0.970. The number of allylic oxidation sites excluding steroid dienone is 2. The van der Waals surface area contributed by atoms with Gasteiger partial charge in [0.25, 0.3) is 0 Å². The van der Waals surface area contributed by atoms with Gasteiger partial charge < -0.3 is 16.6 Å². The monoisotopic (exact) mass is 244 g/mol. The van der Waals surface area contributed by atoms with Crippen LogP contribution in [-0.4, -0.2) is 5.11 Å². The fourth-order valence-corrected chi connectivity index (χ4v) is 1.82. The van der Waals surface area contributed by atoms with E-state index in [1.54, 1.807) is 19.1 Å². The molecule has 1 unspecified atom stereocenters. The zero-order valence-corrected chi connectivity index (χ0v) is 10.6. The molecule has 0 amide bonds. The lowest BCUT2D eigenvalue weighted by Crippen LogP contribution is -2.21. The highest BCUT2D eigenvalue weighted by molar-refractivity contribution is 5.31. The zero-order chi connectivity index (χ0) is 13.6. The van der Waals surface area contributed by atoms with Crippen LogP contribution in [-0.2, 0) is 5.60 Å². The topological polar surface area (TPSA) is 72.3 Å². The van der Waals surface area contributed by atoms with E-state index >= 15 is 0 Å². The molecule has 0 radical (unpaired) electrons. The van der Waals surface area contributed by atoms with Gasteiger partial charge in [0.2, 0.25) is 0 Å². The molecule has 1 rings (SSSR count). The first-order chi connectivity index (χ1) is 8.45. The van der Waals surface area contributed by atoms with Crippen molar-refractivity contribution in [3.05, 3.63) is 72.1 Å². The van der Waals surface area contributed by atoms with E-state index in [-0.39, 0.29) is 0 Å². The van der Waals surface area contributed by atoms with E-state index in [1.807, 2.05) is 30.3 Å². The lowest BCUT2D eigenvalue weighted by atomic mass is 9.88. The molecular weight excluding hydrogens is 224 g/mol. The quantitative estimate of drug-likeness (QED) is 0.695. The van der Waals surface area contributed by atoms with E-state index in [2.05, 4.69) is 6.58 Å². The standard InChI is InChI=1S/C15H20N2O/c1-12(17)10-13(8-9-16)11-15(2,18)14-6-4-3-5-7-14/h3-10,18H,1,11,16-17H2,2H3/b9-8-,13-10+. The summed E-state index contributed by atoms with van der Waals surface area (Å²) in [7, 11) is 0. The largest absolute Gasteiger partial charge is 0.405 e.